The second kappa shape index (κ2) is 6.23. The maximum atomic E-state index is 10.8. The Morgan fingerprint density at radius 1 is 1.30 bits per heavy atom. The number of aromatic nitrogens is 2. The van der Waals surface area contributed by atoms with Gasteiger partial charge in [0.05, 0.1) is 11.8 Å². The molecule has 0 aliphatic carbocycles. The number of imidazole rings is 1. The minimum atomic E-state index is -0.930. The lowest BCUT2D eigenvalue weighted by Crippen LogP contribution is -2.05. The van der Waals surface area contributed by atoms with E-state index in [4.69, 9.17) is 5.11 Å². The van der Waals surface area contributed by atoms with E-state index in [0.29, 0.717) is 6.54 Å². The maximum Gasteiger partial charge on any atom is 0.335 e. The molecule has 0 bridgehead atoms. The van der Waals surface area contributed by atoms with Gasteiger partial charge in [-0.1, -0.05) is 25.5 Å². The minimum absolute atomic E-state index is 0.0262. The lowest BCUT2D eigenvalue weighted by atomic mass is 10.1. The van der Waals surface area contributed by atoms with Gasteiger partial charge < -0.3 is 14.8 Å². The second-order valence-electron chi connectivity index (χ2n) is 4.75. The molecule has 1 heterocycles. The van der Waals surface area contributed by atoms with Gasteiger partial charge in [0.15, 0.2) is 0 Å². The van der Waals surface area contributed by atoms with E-state index < -0.39 is 5.97 Å². The number of aryl methyl sites for hydroxylation is 1. The summed E-state index contributed by atoms with van der Waals surface area (Å²) in [6.45, 7) is 2.68. The largest absolute Gasteiger partial charge is 0.492 e. The van der Waals surface area contributed by atoms with Gasteiger partial charge in [-0.05, 0) is 24.1 Å². The minimum Gasteiger partial charge on any atom is -0.492 e. The Bertz CT molecular complexity index is 588. The number of hydrogen-bond donors (Lipinski definition) is 2. The summed E-state index contributed by atoms with van der Waals surface area (Å²) in [4.78, 5) is 14.9. The van der Waals surface area contributed by atoms with Crippen LogP contribution in [0.15, 0.2) is 30.5 Å². The van der Waals surface area contributed by atoms with Crippen LogP contribution in [0.25, 0.3) is 0 Å². The molecule has 0 unspecified atom stereocenters. The SMILES string of the molecule is CCCCc1nc(O)cn1Cc1ccc(C(=O)O)cc1. The van der Waals surface area contributed by atoms with Gasteiger partial charge in [0, 0.05) is 13.0 Å². The van der Waals surface area contributed by atoms with Crippen molar-refractivity contribution in [1.29, 1.82) is 0 Å². The van der Waals surface area contributed by atoms with E-state index in [1.54, 1.807) is 30.5 Å². The number of aromatic hydroxyl groups is 1. The molecule has 5 heteroatoms. The highest BCUT2D eigenvalue weighted by Gasteiger charge is 2.08. The fourth-order valence-corrected chi connectivity index (χ4v) is 2.06. The number of benzene rings is 1. The Balaban J connectivity index is 2.14. The summed E-state index contributed by atoms with van der Waals surface area (Å²) in [5, 5.41) is 18.4. The standard InChI is InChI=1S/C15H18N2O3/c1-2-3-4-13-16-14(18)10-17(13)9-11-5-7-12(8-6-11)15(19)20/h5-8,10,18H,2-4,9H2,1H3,(H,19,20). The van der Waals surface area contributed by atoms with Crippen molar-refractivity contribution in [1.82, 2.24) is 9.55 Å². The summed E-state index contributed by atoms with van der Waals surface area (Å²) >= 11 is 0. The van der Waals surface area contributed by atoms with Crippen molar-refractivity contribution >= 4 is 5.97 Å². The second-order valence-corrected chi connectivity index (χ2v) is 4.75. The van der Waals surface area contributed by atoms with Crippen LogP contribution in [-0.2, 0) is 13.0 Å². The summed E-state index contributed by atoms with van der Waals surface area (Å²) in [5.74, 6) is -0.0506. The molecule has 0 amide bonds. The molecule has 2 N–H and O–H groups in total. The van der Waals surface area contributed by atoms with E-state index in [0.717, 1.165) is 30.7 Å². The number of nitrogens with zero attached hydrogens (tertiary/aromatic N) is 2. The van der Waals surface area contributed by atoms with Crippen LogP contribution in [-0.4, -0.2) is 25.7 Å². The molecule has 106 valence electrons. The first-order valence-electron chi connectivity index (χ1n) is 6.67. The lowest BCUT2D eigenvalue weighted by Gasteiger charge is -2.07. The fraction of sp³-hybridized carbons (Fsp3) is 0.333. The summed E-state index contributed by atoms with van der Waals surface area (Å²) in [6, 6.07) is 6.73. The maximum absolute atomic E-state index is 10.8. The van der Waals surface area contributed by atoms with Gasteiger partial charge in [-0.2, -0.15) is 4.98 Å². The number of unbranched alkanes of at least 4 members (excludes halogenated alkanes) is 1. The van der Waals surface area contributed by atoms with Gasteiger partial charge in [-0.15, -0.1) is 0 Å². The lowest BCUT2D eigenvalue weighted by molar-refractivity contribution is 0.0697. The highest BCUT2D eigenvalue weighted by Crippen LogP contribution is 2.15. The van der Waals surface area contributed by atoms with Crippen LogP contribution < -0.4 is 0 Å². The fourth-order valence-electron chi connectivity index (χ4n) is 2.06. The number of carboxylic acid groups (broad SMARTS) is 1. The molecule has 0 atom stereocenters. The molecule has 0 spiro atoms. The zero-order valence-corrected chi connectivity index (χ0v) is 11.4. The van der Waals surface area contributed by atoms with Crippen molar-refractivity contribution in [3.8, 4) is 5.88 Å². The molecule has 5 nitrogen and oxygen atoms in total. The third-order valence-electron chi connectivity index (χ3n) is 3.15. The number of rotatable bonds is 6. The van der Waals surface area contributed by atoms with Gasteiger partial charge in [0.25, 0.3) is 0 Å². The third kappa shape index (κ3) is 3.38. The van der Waals surface area contributed by atoms with E-state index in [-0.39, 0.29) is 11.4 Å². The van der Waals surface area contributed by atoms with E-state index in [1.165, 1.54) is 0 Å². The van der Waals surface area contributed by atoms with Crippen molar-refractivity contribution in [2.75, 3.05) is 0 Å². The molecule has 1 aromatic heterocycles. The van der Waals surface area contributed by atoms with Gasteiger partial charge in [0.1, 0.15) is 5.82 Å². The van der Waals surface area contributed by atoms with Crippen LogP contribution in [0.1, 0.15) is 41.5 Å². The van der Waals surface area contributed by atoms with Crippen molar-refractivity contribution < 1.29 is 15.0 Å². The molecule has 0 saturated heterocycles. The average molecular weight is 274 g/mol. The van der Waals surface area contributed by atoms with Crippen LogP contribution in [0.4, 0.5) is 0 Å². The molecule has 0 radical (unpaired) electrons. The van der Waals surface area contributed by atoms with E-state index in [9.17, 15) is 9.90 Å². The Kier molecular flexibility index (Phi) is 4.40. The number of carboxylic acids is 1. The number of carbonyl (C=O) groups is 1. The van der Waals surface area contributed by atoms with E-state index >= 15 is 0 Å². The van der Waals surface area contributed by atoms with Crippen LogP contribution in [0.2, 0.25) is 0 Å². The molecule has 0 aliphatic heterocycles. The topological polar surface area (TPSA) is 75.4 Å². The normalized spacial score (nSPS) is 10.7. The summed E-state index contributed by atoms with van der Waals surface area (Å²) in [5.41, 5.74) is 1.25. The Hall–Kier alpha value is -2.30. The highest BCUT2D eigenvalue weighted by molar-refractivity contribution is 5.87. The summed E-state index contributed by atoms with van der Waals surface area (Å²) in [6.07, 6.45) is 4.52. The Morgan fingerprint density at radius 3 is 2.60 bits per heavy atom. The molecule has 0 aliphatic rings. The zero-order valence-electron chi connectivity index (χ0n) is 11.4. The number of aromatic carboxylic acids is 1. The zero-order chi connectivity index (χ0) is 14.5. The van der Waals surface area contributed by atoms with Crippen LogP contribution in [0.3, 0.4) is 0 Å². The van der Waals surface area contributed by atoms with Crippen molar-refractivity contribution in [2.24, 2.45) is 0 Å². The first-order chi connectivity index (χ1) is 9.60. The first kappa shape index (κ1) is 14.1. The highest BCUT2D eigenvalue weighted by atomic mass is 16.4. The van der Waals surface area contributed by atoms with Gasteiger partial charge in [-0.3, -0.25) is 0 Å². The molecular formula is C15H18N2O3. The van der Waals surface area contributed by atoms with E-state index in [1.807, 2.05) is 4.57 Å². The van der Waals surface area contributed by atoms with Crippen LogP contribution in [0, 0.1) is 0 Å². The van der Waals surface area contributed by atoms with Crippen molar-refractivity contribution in [3.63, 3.8) is 0 Å². The predicted octanol–water partition coefficient (Wildman–Crippen LogP) is 2.68. The van der Waals surface area contributed by atoms with Crippen molar-refractivity contribution in [3.05, 3.63) is 47.4 Å². The molecular weight excluding hydrogens is 256 g/mol. The quantitative estimate of drug-likeness (QED) is 0.849. The molecule has 2 aromatic rings. The van der Waals surface area contributed by atoms with Gasteiger partial charge in [0.2, 0.25) is 5.88 Å². The summed E-state index contributed by atoms with van der Waals surface area (Å²) < 4.78 is 1.90. The molecule has 2 rings (SSSR count). The van der Waals surface area contributed by atoms with Gasteiger partial charge in [-0.25, -0.2) is 4.79 Å². The predicted molar refractivity (Wildman–Crippen MR) is 75.0 cm³/mol. The molecule has 1 aromatic carbocycles. The monoisotopic (exact) mass is 274 g/mol. The number of hydrogen-bond acceptors (Lipinski definition) is 3. The van der Waals surface area contributed by atoms with E-state index in [2.05, 4.69) is 11.9 Å². The first-order valence-corrected chi connectivity index (χ1v) is 6.67. The Labute approximate surface area is 117 Å². The Morgan fingerprint density at radius 2 is 2.00 bits per heavy atom. The van der Waals surface area contributed by atoms with Crippen LogP contribution in [0.5, 0.6) is 5.88 Å². The third-order valence-corrected chi connectivity index (χ3v) is 3.15. The summed E-state index contributed by atoms with van der Waals surface area (Å²) in [7, 11) is 0. The average Bonchev–Trinajstić information content (AvgIpc) is 2.77. The van der Waals surface area contributed by atoms with Gasteiger partial charge >= 0.3 is 5.97 Å². The molecule has 0 fully saturated rings. The smallest absolute Gasteiger partial charge is 0.335 e. The molecule has 20 heavy (non-hydrogen) atoms. The van der Waals surface area contributed by atoms with Crippen LogP contribution >= 0.6 is 0 Å². The van der Waals surface area contributed by atoms with Crippen molar-refractivity contribution in [2.45, 2.75) is 32.7 Å². The molecule has 0 saturated carbocycles.